The van der Waals surface area contributed by atoms with Gasteiger partial charge in [-0.15, -0.1) is 0 Å². The zero-order valence-corrected chi connectivity index (χ0v) is 23.0. The molecule has 1 amide bonds. The summed E-state index contributed by atoms with van der Waals surface area (Å²) in [5.41, 5.74) is 2.84. The van der Waals surface area contributed by atoms with E-state index in [1.165, 1.54) is 18.2 Å². The lowest BCUT2D eigenvalue weighted by molar-refractivity contribution is -0.171. The Hall–Kier alpha value is -4.72. The molecule has 0 N–H and O–H groups in total. The Kier molecular flexibility index (Phi) is 7.98. The monoisotopic (exact) mass is 579 g/mol. The summed E-state index contributed by atoms with van der Waals surface area (Å²) in [6, 6.07) is 17.5. The SMILES string of the molecule is CCCN(c1ccc(C#N)cc1)c1cccc2c1OC[C@H]2N(C(=O)C(F)(F)F)c1ccc2c(c1)OC[C@H]2OC(=O)CC. The van der Waals surface area contributed by atoms with Crippen LogP contribution in [0, 0.1) is 11.3 Å². The molecule has 0 fully saturated rings. The number of anilines is 3. The van der Waals surface area contributed by atoms with Gasteiger partial charge in [0.15, 0.2) is 6.10 Å². The lowest BCUT2D eigenvalue weighted by Crippen LogP contribution is -2.44. The van der Waals surface area contributed by atoms with Crippen LogP contribution in [0.3, 0.4) is 0 Å². The third-order valence-corrected chi connectivity index (χ3v) is 7.16. The number of alkyl halides is 3. The number of hydrogen-bond donors (Lipinski definition) is 0. The van der Waals surface area contributed by atoms with Crippen LogP contribution in [0.1, 0.15) is 55.5 Å². The molecular formula is C31H28F3N3O5. The number of amides is 1. The number of carbonyl (C=O) groups excluding carboxylic acids is 2. The first-order valence-corrected chi connectivity index (χ1v) is 13.6. The van der Waals surface area contributed by atoms with Crippen LogP contribution in [0.4, 0.5) is 30.2 Å². The molecule has 0 unspecified atom stereocenters. The third kappa shape index (κ3) is 5.44. The van der Waals surface area contributed by atoms with Crippen LogP contribution in [-0.2, 0) is 14.3 Å². The van der Waals surface area contributed by atoms with Gasteiger partial charge in [-0.25, -0.2) is 0 Å². The molecule has 8 nitrogen and oxygen atoms in total. The van der Waals surface area contributed by atoms with Crippen LogP contribution < -0.4 is 19.3 Å². The van der Waals surface area contributed by atoms with Crippen molar-refractivity contribution in [3.05, 3.63) is 77.4 Å². The lowest BCUT2D eigenvalue weighted by Gasteiger charge is -2.30. The van der Waals surface area contributed by atoms with Crippen LogP contribution in [0.15, 0.2) is 60.7 Å². The molecule has 42 heavy (non-hydrogen) atoms. The van der Waals surface area contributed by atoms with E-state index in [2.05, 4.69) is 6.07 Å². The summed E-state index contributed by atoms with van der Waals surface area (Å²) in [5.74, 6) is -1.85. The van der Waals surface area contributed by atoms with E-state index in [4.69, 9.17) is 14.2 Å². The summed E-state index contributed by atoms with van der Waals surface area (Å²) in [7, 11) is 0. The molecule has 3 aromatic carbocycles. The van der Waals surface area contributed by atoms with Crippen molar-refractivity contribution in [3.8, 4) is 17.6 Å². The van der Waals surface area contributed by atoms with E-state index >= 15 is 0 Å². The van der Waals surface area contributed by atoms with Gasteiger partial charge < -0.3 is 19.1 Å². The minimum Gasteiger partial charge on any atom is -0.489 e. The number of benzene rings is 3. The predicted molar refractivity (Wildman–Crippen MR) is 148 cm³/mol. The van der Waals surface area contributed by atoms with Crippen molar-refractivity contribution in [1.82, 2.24) is 0 Å². The number of nitrogens with zero attached hydrogens (tertiary/aromatic N) is 3. The van der Waals surface area contributed by atoms with Crippen molar-refractivity contribution in [3.63, 3.8) is 0 Å². The molecule has 0 spiro atoms. The summed E-state index contributed by atoms with van der Waals surface area (Å²) >= 11 is 0. The van der Waals surface area contributed by atoms with Gasteiger partial charge in [0.2, 0.25) is 0 Å². The summed E-state index contributed by atoms with van der Waals surface area (Å²) < 4.78 is 58.9. The fourth-order valence-electron chi connectivity index (χ4n) is 5.20. The van der Waals surface area contributed by atoms with Gasteiger partial charge in [0, 0.05) is 41.5 Å². The van der Waals surface area contributed by atoms with E-state index in [0.29, 0.717) is 39.6 Å². The Morgan fingerprint density at radius 1 is 1.00 bits per heavy atom. The Balaban J connectivity index is 1.54. The van der Waals surface area contributed by atoms with E-state index in [1.807, 2.05) is 17.9 Å². The third-order valence-electron chi connectivity index (χ3n) is 7.16. The van der Waals surface area contributed by atoms with Gasteiger partial charge in [0.25, 0.3) is 0 Å². The summed E-state index contributed by atoms with van der Waals surface area (Å²) in [4.78, 5) is 27.4. The molecule has 0 aromatic heterocycles. The highest BCUT2D eigenvalue weighted by atomic mass is 19.4. The summed E-state index contributed by atoms with van der Waals surface area (Å²) in [5, 5.41) is 9.18. The molecule has 0 aliphatic carbocycles. The topological polar surface area (TPSA) is 92.1 Å². The van der Waals surface area contributed by atoms with Crippen LogP contribution in [0.2, 0.25) is 0 Å². The average molecular weight is 580 g/mol. The first kappa shape index (κ1) is 28.8. The Morgan fingerprint density at radius 2 is 1.74 bits per heavy atom. The minimum atomic E-state index is -5.16. The summed E-state index contributed by atoms with van der Waals surface area (Å²) in [6.07, 6.45) is -4.91. The number of nitriles is 1. The average Bonchev–Trinajstić information content (AvgIpc) is 3.60. The number of ether oxygens (including phenoxy) is 3. The number of fused-ring (bicyclic) bond motifs is 2. The van der Waals surface area contributed by atoms with Gasteiger partial charge in [-0.1, -0.05) is 26.0 Å². The molecule has 2 heterocycles. The van der Waals surface area contributed by atoms with E-state index in [-0.39, 0.29) is 31.1 Å². The number of halogens is 3. The first-order valence-electron chi connectivity index (χ1n) is 13.6. The zero-order chi connectivity index (χ0) is 30.0. The number of rotatable bonds is 8. The lowest BCUT2D eigenvalue weighted by atomic mass is 10.0. The quantitative estimate of drug-likeness (QED) is 0.281. The van der Waals surface area contributed by atoms with Gasteiger partial charge in [0.1, 0.15) is 24.7 Å². The maximum atomic E-state index is 14.0. The van der Waals surface area contributed by atoms with Crippen molar-refractivity contribution in [2.45, 2.75) is 45.0 Å². The Bertz CT molecular complexity index is 1530. The largest absolute Gasteiger partial charge is 0.489 e. The highest BCUT2D eigenvalue weighted by Gasteiger charge is 2.48. The number of carbonyl (C=O) groups is 2. The fourth-order valence-corrected chi connectivity index (χ4v) is 5.20. The zero-order valence-electron chi connectivity index (χ0n) is 23.0. The molecule has 11 heteroatoms. The number of para-hydroxylation sites is 1. The van der Waals surface area contributed by atoms with Crippen molar-refractivity contribution in [2.24, 2.45) is 0 Å². The van der Waals surface area contributed by atoms with Gasteiger partial charge in [-0.2, -0.15) is 18.4 Å². The van der Waals surface area contributed by atoms with E-state index in [1.54, 1.807) is 43.3 Å². The summed E-state index contributed by atoms with van der Waals surface area (Å²) in [6.45, 7) is 4.06. The van der Waals surface area contributed by atoms with Crippen molar-refractivity contribution < 1.29 is 37.0 Å². The fraction of sp³-hybridized carbons (Fsp3) is 0.323. The molecule has 5 rings (SSSR count). The highest BCUT2D eigenvalue weighted by Crippen LogP contribution is 2.48. The number of hydrogen-bond acceptors (Lipinski definition) is 7. The highest BCUT2D eigenvalue weighted by molar-refractivity contribution is 5.98. The molecule has 0 bridgehead atoms. The maximum Gasteiger partial charge on any atom is 0.471 e. The first-order chi connectivity index (χ1) is 20.2. The van der Waals surface area contributed by atoms with Gasteiger partial charge in [-0.3, -0.25) is 14.5 Å². The number of esters is 1. The maximum absolute atomic E-state index is 14.0. The molecular weight excluding hydrogens is 551 g/mol. The smallest absolute Gasteiger partial charge is 0.471 e. The second-order valence-electron chi connectivity index (χ2n) is 9.87. The van der Waals surface area contributed by atoms with Crippen molar-refractivity contribution >= 4 is 28.9 Å². The standard InChI is InChI=1S/C31H28F3N3O5/c1-3-14-36(20-10-8-19(16-35)9-11-20)24-7-5-6-22-25(17-41-29(22)24)37(30(39)31(32,33)34)21-12-13-23-26(15-21)40-18-27(23)42-28(38)4-2/h5-13,15,25,27H,3-4,14,17-18H2,1-2H3/t25-,27-/m1/s1. The Morgan fingerprint density at radius 3 is 2.40 bits per heavy atom. The van der Waals surface area contributed by atoms with Gasteiger partial charge >= 0.3 is 18.1 Å². The molecule has 0 radical (unpaired) electrons. The van der Waals surface area contributed by atoms with Crippen molar-refractivity contribution in [1.29, 1.82) is 5.26 Å². The van der Waals surface area contributed by atoms with Crippen LogP contribution in [-0.4, -0.2) is 37.8 Å². The van der Waals surface area contributed by atoms with E-state index in [0.717, 1.165) is 12.1 Å². The molecule has 2 atom stereocenters. The molecule has 218 valence electrons. The van der Waals surface area contributed by atoms with Gasteiger partial charge in [0.05, 0.1) is 23.4 Å². The van der Waals surface area contributed by atoms with Crippen LogP contribution in [0.5, 0.6) is 11.5 Å². The Labute approximate surface area is 240 Å². The minimum absolute atomic E-state index is 0.0251. The van der Waals surface area contributed by atoms with Crippen molar-refractivity contribution in [2.75, 3.05) is 29.6 Å². The van der Waals surface area contributed by atoms with Crippen LogP contribution >= 0.6 is 0 Å². The normalized spacial score (nSPS) is 16.9. The van der Waals surface area contributed by atoms with Crippen LogP contribution in [0.25, 0.3) is 0 Å². The predicted octanol–water partition coefficient (Wildman–Crippen LogP) is 6.52. The second-order valence-corrected chi connectivity index (χ2v) is 9.87. The van der Waals surface area contributed by atoms with E-state index < -0.39 is 30.2 Å². The van der Waals surface area contributed by atoms with Gasteiger partial charge in [-0.05, 0) is 48.9 Å². The molecule has 2 aliphatic heterocycles. The molecule has 0 saturated carbocycles. The molecule has 0 saturated heterocycles. The second kappa shape index (κ2) is 11.6. The molecule has 3 aromatic rings. The molecule has 2 aliphatic rings. The van der Waals surface area contributed by atoms with E-state index in [9.17, 15) is 28.0 Å².